The van der Waals surface area contributed by atoms with Crippen molar-refractivity contribution in [3.8, 4) is 0 Å². The molecule has 1 unspecified atom stereocenters. The van der Waals surface area contributed by atoms with Gasteiger partial charge in [-0.3, -0.25) is 9.89 Å². The normalized spacial score (nSPS) is 20.3. The fourth-order valence-corrected chi connectivity index (χ4v) is 3.79. The van der Waals surface area contributed by atoms with Crippen molar-refractivity contribution >= 4 is 17.3 Å². The van der Waals surface area contributed by atoms with E-state index in [1.54, 1.807) is 7.05 Å². The number of nitrogens with zero attached hydrogens (tertiary/aromatic N) is 3. The fraction of sp³-hybridized carbons (Fsp3) is 0.765. The minimum atomic E-state index is -4.40. The molecule has 1 aliphatic rings. The zero-order valence-electron chi connectivity index (χ0n) is 15.8. The molecule has 1 saturated heterocycles. The molecule has 148 valence electrons. The molecule has 1 atom stereocenters. The van der Waals surface area contributed by atoms with Gasteiger partial charge in [0.15, 0.2) is 11.7 Å². The van der Waals surface area contributed by atoms with Gasteiger partial charge < -0.3 is 10.6 Å². The smallest absolute Gasteiger partial charge is 0.355 e. The Balaban J connectivity index is 1.84. The Bertz CT molecular complexity index is 612. The highest BCUT2D eigenvalue weighted by atomic mass is 32.1. The number of aliphatic imine (C=N–C) groups is 1. The first-order chi connectivity index (χ1) is 12.1. The molecule has 1 fully saturated rings. The van der Waals surface area contributed by atoms with Crippen molar-refractivity contribution in [2.24, 2.45) is 10.9 Å². The third-order valence-corrected chi connectivity index (χ3v) is 5.52. The summed E-state index contributed by atoms with van der Waals surface area (Å²) in [6.07, 6.45) is -1.91. The van der Waals surface area contributed by atoms with Crippen molar-refractivity contribution in [1.82, 2.24) is 20.5 Å². The summed E-state index contributed by atoms with van der Waals surface area (Å²) in [5.41, 5.74) is -0.876. The van der Waals surface area contributed by atoms with Crippen LogP contribution in [0.25, 0.3) is 0 Å². The van der Waals surface area contributed by atoms with Crippen LogP contribution in [0.2, 0.25) is 0 Å². The van der Waals surface area contributed by atoms with Crippen LogP contribution in [0.5, 0.6) is 0 Å². The zero-order valence-corrected chi connectivity index (χ0v) is 16.6. The van der Waals surface area contributed by atoms with E-state index in [9.17, 15) is 13.2 Å². The highest BCUT2D eigenvalue weighted by Crippen LogP contribution is 2.30. The molecule has 0 saturated carbocycles. The number of hydrogen-bond acceptors (Lipinski definition) is 4. The summed E-state index contributed by atoms with van der Waals surface area (Å²) in [5, 5.41) is 7.73. The quantitative estimate of drug-likeness (QED) is 0.597. The molecule has 5 nitrogen and oxygen atoms in total. The first kappa shape index (κ1) is 21.0. The Kier molecular flexibility index (Phi) is 6.90. The van der Waals surface area contributed by atoms with Crippen LogP contribution in [0.3, 0.4) is 0 Å². The monoisotopic (exact) mass is 391 g/mol. The van der Waals surface area contributed by atoms with E-state index in [-0.39, 0.29) is 12.1 Å². The number of piperidine rings is 1. The van der Waals surface area contributed by atoms with Crippen LogP contribution in [0.4, 0.5) is 13.2 Å². The third-order valence-electron chi connectivity index (χ3n) is 4.67. The molecule has 2 rings (SSSR count). The highest BCUT2D eigenvalue weighted by molar-refractivity contribution is 7.09. The number of guanidine groups is 1. The molecule has 1 aromatic heterocycles. The van der Waals surface area contributed by atoms with Crippen molar-refractivity contribution in [1.29, 1.82) is 0 Å². The zero-order chi connectivity index (χ0) is 19.4. The lowest BCUT2D eigenvalue weighted by molar-refractivity contribution is -0.140. The lowest BCUT2D eigenvalue weighted by Gasteiger charge is -2.43. The average Bonchev–Trinajstić information content (AvgIpc) is 3.04. The largest absolute Gasteiger partial charge is 0.434 e. The predicted octanol–water partition coefficient (Wildman–Crippen LogP) is 3.34. The Morgan fingerprint density at radius 2 is 2.12 bits per heavy atom. The molecule has 9 heteroatoms. The van der Waals surface area contributed by atoms with Crippen molar-refractivity contribution in [2.75, 3.05) is 26.7 Å². The Labute approximate surface area is 157 Å². The van der Waals surface area contributed by atoms with E-state index in [0.29, 0.717) is 23.4 Å². The molecular weight excluding hydrogens is 363 g/mol. The second-order valence-electron chi connectivity index (χ2n) is 7.41. The molecule has 0 spiro atoms. The molecule has 0 aromatic carbocycles. The van der Waals surface area contributed by atoms with E-state index >= 15 is 0 Å². The summed E-state index contributed by atoms with van der Waals surface area (Å²) >= 11 is 0.991. The van der Waals surface area contributed by atoms with Gasteiger partial charge in [-0.05, 0) is 39.2 Å². The van der Waals surface area contributed by atoms with Gasteiger partial charge >= 0.3 is 6.18 Å². The number of halogens is 3. The van der Waals surface area contributed by atoms with Gasteiger partial charge in [-0.1, -0.05) is 6.92 Å². The summed E-state index contributed by atoms with van der Waals surface area (Å²) in [7, 11) is 1.65. The van der Waals surface area contributed by atoms with Crippen LogP contribution in [-0.4, -0.2) is 48.1 Å². The molecule has 0 amide bonds. The SMILES string of the molecule is CN=C(NCc1nc(C(F)(F)F)cs1)NCC(C)(C)N1CCCC(C)C1. The van der Waals surface area contributed by atoms with Crippen LogP contribution >= 0.6 is 11.3 Å². The topological polar surface area (TPSA) is 52.6 Å². The van der Waals surface area contributed by atoms with Crippen molar-refractivity contribution in [2.45, 2.75) is 51.9 Å². The Morgan fingerprint density at radius 3 is 2.69 bits per heavy atom. The third kappa shape index (κ3) is 5.84. The van der Waals surface area contributed by atoms with Crippen LogP contribution < -0.4 is 10.6 Å². The van der Waals surface area contributed by atoms with Gasteiger partial charge in [0.1, 0.15) is 5.01 Å². The van der Waals surface area contributed by atoms with Gasteiger partial charge in [0, 0.05) is 31.1 Å². The summed E-state index contributed by atoms with van der Waals surface area (Å²) < 4.78 is 37.8. The number of likely N-dealkylation sites (tertiary alicyclic amines) is 1. The summed E-state index contributed by atoms with van der Waals surface area (Å²) in [6.45, 7) is 9.75. The number of aromatic nitrogens is 1. The lowest BCUT2D eigenvalue weighted by atomic mass is 9.93. The number of nitrogens with one attached hydrogen (secondary N) is 2. The molecule has 0 bridgehead atoms. The van der Waals surface area contributed by atoms with E-state index in [1.165, 1.54) is 12.8 Å². The fourth-order valence-electron chi connectivity index (χ4n) is 3.05. The van der Waals surface area contributed by atoms with E-state index in [1.807, 2.05) is 0 Å². The average molecular weight is 392 g/mol. The molecular formula is C17H28F3N5S. The van der Waals surface area contributed by atoms with Crippen LogP contribution in [-0.2, 0) is 12.7 Å². The maximum absolute atomic E-state index is 12.6. The predicted molar refractivity (Wildman–Crippen MR) is 99.4 cm³/mol. The minimum Gasteiger partial charge on any atom is -0.355 e. The second-order valence-corrected chi connectivity index (χ2v) is 8.35. The molecule has 2 N–H and O–H groups in total. The van der Waals surface area contributed by atoms with E-state index in [4.69, 9.17) is 0 Å². The molecule has 26 heavy (non-hydrogen) atoms. The molecule has 2 heterocycles. The summed E-state index contributed by atoms with van der Waals surface area (Å²) in [4.78, 5) is 10.3. The van der Waals surface area contributed by atoms with Crippen molar-refractivity contribution in [3.05, 3.63) is 16.1 Å². The molecule has 0 aliphatic carbocycles. The van der Waals surface area contributed by atoms with Crippen LogP contribution in [0, 0.1) is 5.92 Å². The minimum absolute atomic E-state index is 0.0308. The van der Waals surface area contributed by atoms with Gasteiger partial charge in [0.2, 0.25) is 0 Å². The standard InChI is InChI=1S/C17H28F3N5S/c1-12-6-5-7-25(9-12)16(2,3)11-23-15(21-4)22-8-14-24-13(10-26-14)17(18,19)20/h10,12H,5-9,11H2,1-4H3,(H2,21,22,23). The van der Waals surface area contributed by atoms with E-state index in [0.717, 1.165) is 29.8 Å². The Morgan fingerprint density at radius 1 is 1.38 bits per heavy atom. The maximum Gasteiger partial charge on any atom is 0.434 e. The van der Waals surface area contributed by atoms with Gasteiger partial charge in [-0.25, -0.2) is 4.98 Å². The van der Waals surface area contributed by atoms with E-state index < -0.39 is 11.9 Å². The lowest BCUT2D eigenvalue weighted by Crippen LogP contribution is -2.55. The summed E-state index contributed by atoms with van der Waals surface area (Å²) in [5.74, 6) is 1.26. The number of thiazole rings is 1. The first-order valence-electron chi connectivity index (χ1n) is 8.83. The summed E-state index contributed by atoms with van der Waals surface area (Å²) in [6, 6.07) is 0. The number of alkyl halides is 3. The number of rotatable bonds is 5. The van der Waals surface area contributed by atoms with Crippen molar-refractivity contribution < 1.29 is 13.2 Å². The molecule has 1 aromatic rings. The van der Waals surface area contributed by atoms with E-state index in [2.05, 4.69) is 46.3 Å². The van der Waals surface area contributed by atoms with Gasteiger partial charge in [0.25, 0.3) is 0 Å². The first-order valence-corrected chi connectivity index (χ1v) is 9.71. The van der Waals surface area contributed by atoms with Gasteiger partial charge in [-0.2, -0.15) is 13.2 Å². The van der Waals surface area contributed by atoms with Crippen LogP contribution in [0.15, 0.2) is 10.4 Å². The van der Waals surface area contributed by atoms with Crippen molar-refractivity contribution in [3.63, 3.8) is 0 Å². The van der Waals surface area contributed by atoms with Crippen LogP contribution in [0.1, 0.15) is 44.3 Å². The number of hydrogen-bond donors (Lipinski definition) is 2. The molecule has 1 aliphatic heterocycles. The van der Waals surface area contributed by atoms with Gasteiger partial charge in [0.05, 0.1) is 6.54 Å². The van der Waals surface area contributed by atoms with Gasteiger partial charge in [-0.15, -0.1) is 11.3 Å². The Hall–Kier alpha value is -1.35. The second kappa shape index (κ2) is 8.56. The maximum atomic E-state index is 12.6. The molecule has 0 radical (unpaired) electrons. The highest BCUT2D eigenvalue weighted by Gasteiger charge is 2.33.